The summed E-state index contributed by atoms with van der Waals surface area (Å²) in [7, 11) is -11.7. The summed E-state index contributed by atoms with van der Waals surface area (Å²) in [6, 6.07) is 0. The van der Waals surface area contributed by atoms with Crippen LogP contribution < -0.4 is 4.57 Å². The first-order valence-electron chi connectivity index (χ1n) is 8.82. The van der Waals surface area contributed by atoms with E-state index in [1.165, 1.54) is 42.8 Å². The summed E-state index contributed by atoms with van der Waals surface area (Å²) in [5, 5.41) is 0. The first-order chi connectivity index (χ1) is 14.0. The summed E-state index contributed by atoms with van der Waals surface area (Å²) in [5.41, 5.74) is -8.72. The molecule has 0 saturated carbocycles. The minimum absolute atomic E-state index is 0.778. The molecule has 31 heavy (non-hydrogen) atoms. The standard InChI is InChI=1S/C13H24NOS.C2F6NO4S2/c1-4-5-6-7-9-14-11-16-13(12(14)2)8-10-15-3;3-1(4,5)14(10,11)9-15(12,13)2(6,7)8/h11H,4-10H2,1-3H3;/q+1;-1. The van der Waals surface area contributed by atoms with Crippen LogP contribution in [0, 0.1) is 6.92 Å². The number of rotatable bonds is 10. The Labute approximate surface area is 181 Å². The van der Waals surface area contributed by atoms with Gasteiger partial charge in [-0.25, -0.2) is 16.8 Å². The normalized spacial score (nSPS) is 13.1. The van der Waals surface area contributed by atoms with Crippen LogP contribution in [0.2, 0.25) is 0 Å². The van der Waals surface area contributed by atoms with E-state index in [0.717, 1.165) is 17.2 Å². The SMILES string of the molecule is CCCCCC[n+]1csc(CCOC)c1C.O=S(=O)([N-]S(=O)(=O)C(F)(F)F)C(F)(F)F. The number of hydrogen-bond acceptors (Lipinski definition) is 6. The minimum atomic E-state index is -6.72. The molecule has 0 aromatic carbocycles. The topological polar surface area (TPSA) is 95.5 Å². The van der Waals surface area contributed by atoms with Crippen LogP contribution >= 0.6 is 11.3 Å². The fourth-order valence-electron chi connectivity index (χ4n) is 2.03. The Morgan fingerprint density at radius 2 is 1.52 bits per heavy atom. The first kappa shape index (κ1) is 30.0. The third-order valence-electron chi connectivity index (χ3n) is 3.72. The third-order valence-corrected chi connectivity index (χ3v) is 7.61. The molecular weight excluding hydrogens is 498 g/mol. The molecule has 1 aromatic rings. The lowest BCUT2D eigenvalue weighted by molar-refractivity contribution is -0.698. The van der Waals surface area contributed by atoms with Gasteiger partial charge in [0, 0.05) is 26.9 Å². The zero-order valence-corrected chi connectivity index (χ0v) is 19.4. The van der Waals surface area contributed by atoms with Gasteiger partial charge in [0.2, 0.25) is 5.51 Å². The number of thiazole rings is 1. The van der Waals surface area contributed by atoms with Crippen LogP contribution in [0.4, 0.5) is 26.3 Å². The van der Waals surface area contributed by atoms with Crippen molar-refractivity contribution in [2.24, 2.45) is 0 Å². The fourth-order valence-corrected chi connectivity index (χ4v) is 4.75. The van der Waals surface area contributed by atoms with E-state index in [0.29, 0.717) is 0 Å². The molecule has 16 heteroatoms. The summed E-state index contributed by atoms with van der Waals surface area (Å²) >= 11 is 1.86. The molecule has 1 rings (SSSR count). The van der Waals surface area contributed by atoms with Crippen molar-refractivity contribution in [1.82, 2.24) is 0 Å². The summed E-state index contributed by atoms with van der Waals surface area (Å²) in [4.78, 5) is 1.47. The lowest BCUT2D eigenvalue weighted by Gasteiger charge is -2.22. The van der Waals surface area contributed by atoms with E-state index in [2.05, 4.69) is 23.9 Å². The Balaban J connectivity index is 0.000000582. The van der Waals surface area contributed by atoms with Crippen molar-refractivity contribution in [3.63, 3.8) is 0 Å². The van der Waals surface area contributed by atoms with Gasteiger partial charge in [0.05, 0.1) is 11.5 Å². The number of unbranched alkanes of at least 4 members (excludes halogenated alkanes) is 3. The molecule has 0 aliphatic carbocycles. The van der Waals surface area contributed by atoms with Gasteiger partial charge in [0.1, 0.15) is 6.54 Å². The zero-order valence-electron chi connectivity index (χ0n) is 17.0. The van der Waals surface area contributed by atoms with Gasteiger partial charge in [0.25, 0.3) is 0 Å². The molecule has 0 amide bonds. The van der Waals surface area contributed by atoms with E-state index in [1.54, 1.807) is 7.11 Å². The van der Waals surface area contributed by atoms with Crippen LogP contribution in [0.1, 0.15) is 43.2 Å². The van der Waals surface area contributed by atoms with Crippen LogP contribution in [-0.4, -0.2) is 41.6 Å². The molecule has 0 atom stereocenters. The summed E-state index contributed by atoms with van der Waals surface area (Å²) in [5.74, 6) is 0. The Morgan fingerprint density at radius 1 is 1.00 bits per heavy atom. The van der Waals surface area contributed by atoms with E-state index in [4.69, 9.17) is 4.74 Å². The summed E-state index contributed by atoms with van der Waals surface area (Å²) in [6.07, 6.45) is 6.38. The maximum Gasteiger partial charge on any atom is 0.480 e. The summed E-state index contributed by atoms with van der Waals surface area (Å²) in [6.45, 7) is 6.49. The molecule has 0 aliphatic heterocycles. The molecule has 0 fully saturated rings. The predicted octanol–water partition coefficient (Wildman–Crippen LogP) is 4.17. The Hall–Kier alpha value is -0.970. The number of hydrogen-bond donors (Lipinski definition) is 0. The maximum atomic E-state index is 11.4. The molecule has 0 saturated heterocycles. The molecule has 0 radical (unpaired) electrons. The Bertz CT molecular complexity index is 838. The molecular formula is C15H24F6N2O5S3. The lowest BCUT2D eigenvalue weighted by Crippen LogP contribution is -2.34. The molecule has 0 aliphatic rings. The van der Waals surface area contributed by atoms with E-state index in [1.807, 2.05) is 11.3 Å². The van der Waals surface area contributed by atoms with Crippen molar-refractivity contribution >= 4 is 31.4 Å². The fraction of sp³-hybridized carbons (Fsp3) is 0.800. The number of aromatic nitrogens is 1. The quantitative estimate of drug-likeness (QED) is 0.261. The smallest absolute Gasteiger partial charge is 0.421 e. The number of halogens is 6. The number of aryl methyl sites for hydroxylation is 1. The highest BCUT2D eigenvalue weighted by Crippen LogP contribution is 2.36. The number of methoxy groups -OCH3 is 1. The van der Waals surface area contributed by atoms with Crippen molar-refractivity contribution in [3.05, 3.63) is 20.2 Å². The molecule has 184 valence electrons. The van der Waals surface area contributed by atoms with Crippen molar-refractivity contribution in [2.75, 3.05) is 13.7 Å². The number of sulfonamides is 2. The zero-order chi connectivity index (χ0) is 24.5. The van der Waals surface area contributed by atoms with E-state index < -0.39 is 31.1 Å². The number of alkyl halides is 6. The van der Waals surface area contributed by atoms with Crippen LogP contribution in [0.15, 0.2) is 5.51 Å². The highest BCUT2D eigenvalue weighted by Gasteiger charge is 2.46. The third kappa shape index (κ3) is 10.0. The van der Waals surface area contributed by atoms with E-state index in [9.17, 15) is 43.2 Å². The van der Waals surface area contributed by atoms with Crippen molar-refractivity contribution in [1.29, 1.82) is 0 Å². The second-order valence-corrected chi connectivity index (χ2v) is 10.5. The van der Waals surface area contributed by atoms with Gasteiger partial charge in [0.15, 0.2) is 25.7 Å². The molecule has 0 bridgehead atoms. The van der Waals surface area contributed by atoms with Crippen molar-refractivity contribution < 1.29 is 52.5 Å². The summed E-state index contributed by atoms with van der Waals surface area (Å²) < 4.78 is 117. The van der Waals surface area contributed by atoms with Gasteiger partial charge in [-0.05, 0) is 6.42 Å². The van der Waals surface area contributed by atoms with E-state index in [-0.39, 0.29) is 0 Å². The largest absolute Gasteiger partial charge is 0.480 e. The number of ether oxygens (including phenoxy) is 1. The second-order valence-electron chi connectivity index (χ2n) is 6.14. The predicted molar refractivity (Wildman–Crippen MR) is 102 cm³/mol. The first-order valence-corrected chi connectivity index (χ1v) is 12.6. The van der Waals surface area contributed by atoms with Crippen LogP contribution in [0.5, 0.6) is 0 Å². The van der Waals surface area contributed by atoms with Gasteiger partial charge >= 0.3 is 11.0 Å². The van der Waals surface area contributed by atoms with Gasteiger partial charge < -0.3 is 8.86 Å². The molecule has 7 nitrogen and oxygen atoms in total. The second kappa shape index (κ2) is 12.3. The van der Waals surface area contributed by atoms with Crippen LogP contribution in [0.3, 0.4) is 0 Å². The van der Waals surface area contributed by atoms with Crippen molar-refractivity contribution in [3.8, 4) is 0 Å². The average molecular weight is 523 g/mol. The average Bonchev–Trinajstić information content (AvgIpc) is 2.94. The highest BCUT2D eigenvalue weighted by molar-refractivity contribution is 8.13. The van der Waals surface area contributed by atoms with Gasteiger partial charge in [-0.15, -0.1) is 0 Å². The molecule has 0 N–H and O–H groups in total. The van der Waals surface area contributed by atoms with Gasteiger partial charge in [-0.1, -0.05) is 31.1 Å². The van der Waals surface area contributed by atoms with Crippen molar-refractivity contribution in [2.45, 2.75) is 63.5 Å². The monoisotopic (exact) mass is 522 g/mol. The molecule has 0 unspecified atom stereocenters. The Morgan fingerprint density at radius 3 is 1.94 bits per heavy atom. The molecule has 1 aromatic heterocycles. The maximum absolute atomic E-state index is 11.4. The lowest BCUT2D eigenvalue weighted by atomic mass is 10.2. The van der Waals surface area contributed by atoms with E-state index >= 15 is 0 Å². The molecule has 1 heterocycles. The highest BCUT2D eigenvalue weighted by atomic mass is 32.3. The Kier molecular flexibility index (Phi) is 11.9. The van der Waals surface area contributed by atoms with Gasteiger partial charge in [-0.3, -0.25) is 0 Å². The van der Waals surface area contributed by atoms with Crippen LogP contribution in [0.25, 0.3) is 4.13 Å². The van der Waals surface area contributed by atoms with Gasteiger partial charge in [-0.2, -0.15) is 30.9 Å². The number of nitrogens with zero attached hydrogens (tertiary/aromatic N) is 2. The minimum Gasteiger partial charge on any atom is -0.421 e. The van der Waals surface area contributed by atoms with Crippen LogP contribution in [-0.2, 0) is 37.7 Å². The molecule has 0 spiro atoms.